The summed E-state index contributed by atoms with van der Waals surface area (Å²) in [5.74, 6) is 0.281. The number of methoxy groups -OCH3 is 1. The molecule has 2 aromatic rings. The van der Waals surface area contributed by atoms with Crippen LogP contribution in [0, 0.1) is 6.92 Å². The molecule has 1 fully saturated rings. The Bertz CT molecular complexity index is 808. The van der Waals surface area contributed by atoms with E-state index in [1.54, 1.807) is 17.9 Å². The number of hydrogen-bond donors (Lipinski definition) is 1. The van der Waals surface area contributed by atoms with E-state index >= 15 is 0 Å². The van der Waals surface area contributed by atoms with E-state index in [1.807, 2.05) is 23.3 Å². The van der Waals surface area contributed by atoms with Crippen LogP contribution in [0.15, 0.2) is 17.6 Å². The Morgan fingerprint density at radius 2 is 2.04 bits per heavy atom. The van der Waals surface area contributed by atoms with Crippen molar-refractivity contribution < 1.29 is 14.3 Å². The van der Waals surface area contributed by atoms with Crippen LogP contribution in [-0.2, 0) is 7.05 Å². The molecule has 1 N–H and O–H groups in total. The summed E-state index contributed by atoms with van der Waals surface area (Å²) in [6.07, 6.45) is 1.69. The second kappa shape index (κ2) is 8.53. The fraction of sp³-hybridized carbons (Fsp3) is 0.500. The Morgan fingerprint density at radius 3 is 2.67 bits per heavy atom. The van der Waals surface area contributed by atoms with Crippen LogP contribution in [0.2, 0.25) is 0 Å². The number of amides is 2. The van der Waals surface area contributed by atoms with Gasteiger partial charge < -0.3 is 15.0 Å². The predicted octanol–water partition coefficient (Wildman–Crippen LogP) is 0.986. The molecule has 2 amide bonds. The Hall–Kier alpha value is -2.39. The summed E-state index contributed by atoms with van der Waals surface area (Å²) in [5.41, 5.74) is 1.60. The Morgan fingerprint density at radius 1 is 1.30 bits per heavy atom. The zero-order valence-corrected chi connectivity index (χ0v) is 16.7. The van der Waals surface area contributed by atoms with Gasteiger partial charge in [-0.05, 0) is 23.9 Å². The van der Waals surface area contributed by atoms with E-state index in [9.17, 15) is 9.59 Å². The molecule has 2 aromatic heterocycles. The maximum absolute atomic E-state index is 12.7. The standard InChI is InChI=1S/C18H25N5O3S/c1-13-10-15(27-12-13)16(24)19-4-5-22-6-8-23(9-7-22)18(25)14-11-21(2)20-17(14)26-3/h10-12H,4-9H2,1-3H3,(H,19,24). The summed E-state index contributed by atoms with van der Waals surface area (Å²) in [7, 11) is 3.28. The third-order valence-electron chi connectivity index (χ3n) is 4.55. The van der Waals surface area contributed by atoms with Crippen molar-refractivity contribution in [3.8, 4) is 5.88 Å². The number of nitrogens with one attached hydrogen (secondary N) is 1. The number of carbonyl (C=O) groups excluding carboxylic acids is 2. The number of carbonyl (C=O) groups is 2. The lowest BCUT2D eigenvalue weighted by atomic mass is 10.2. The van der Waals surface area contributed by atoms with E-state index in [-0.39, 0.29) is 11.8 Å². The van der Waals surface area contributed by atoms with Crippen molar-refractivity contribution in [3.63, 3.8) is 0 Å². The third-order valence-corrected chi connectivity index (χ3v) is 5.59. The fourth-order valence-electron chi connectivity index (χ4n) is 3.08. The maximum Gasteiger partial charge on any atom is 0.261 e. The molecular weight excluding hydrogens is 366 g/mol. The van der Waals surface area contributed by atoms with Gasteiger partial charge in [0.2, 0.25) is 5.88 Å². The number of ether oxygens (including phenoxy) is 1. The fourth-order valence-corrected chi connectivity index (χ4v) is 3.89. The van der Waals surface area contributed by atoms with Crippen molar-refractivity contribution in [2.75, 3.05) is 46.4 Å². The van der Waals surface area contributed by atoms with Crippen LogP contribution in [-0.4, -0.2) is 77.8 Å². The van der Waals surface area contributed by atoms with Gasteiger partial charge >= 0.3 is 0 Å². The number of aromatic nitrogens is 2. The molecule has 27 heavy (non-hydrogen) atoms. The van der Waals surface area contributed by atoms with E-state index in [0.717, 1.165) is 30.1 Å². The second-order valence-corrected chi connectivity index (χ2v) is 7.52. The van der Waals surface area contributed by atoms with Gasteiger partial charge in [0, 0.05) is 52.5 Å². The molecular formula is C18H25N5O3S. The number of piperazine rings is 1. The maximum atomic E-state index is 12.7. The highest BCUT2D eigenvalue weighted by Crippen LogP contribution is 2.18. The molecule has 0 bridgehead atoms. The normalized spacial score (nSPS) is 15.0. The molecule has 0 spiro atoms. The zero-order valence-electron chi connectivity index (χ0n) is 15.9. The van der Waals surface area contributed by atoms with E-state index in [1.165, 1.54) is 18.4 Å². The summed E-state index contributed by atoms with van der Waals surface area (Å²) in [6, 6.07) is 1.90. The van der Waals surface area contributed by atoms with Crippen molar-refractivity contribution in [2.45, 2.75) is 6.92 Å². The summed E-state index contributed by atoms with van der Waals surface area (Å²) in [5, 5.41) is 9.07. The third kappa shape index (κ3) is 4.67. The van der Waals surface area contributed by atoms with E-state index < -0.39 is 0 Å². The number of hydrogen-bond acceptors (Lipinski definition) is 6. The van der Waals surface area contributed by atoms with Crippen LogP contribution in [0.5, 0.6) is 5.88 Å². The zero-order chi connectivity index (χ0) is 19.4. The molecule has 0 aromatic carbocycles. The smallest absolute Gasteiger partial charge is 0.261 e. The summed E-state index contributed by atoms with van der Waals surface area (Å²) < 4.78 is 6.77. The van der Waals surface area contributed by atoms with Crippen LogP contribution >= 0.6 is 11.3 Å². The van der Waals surface area contributed by atoms with Crippen molar-refractivity contribution >= 4 is 23.2 Å². The Labute approximate surface area is 162 Å². The SMILES string of the molecule is COc1nn(C)cc1C(=O)N1CCN(CCNC(=O)c2cc(C)cs2)CC1. The average molecular weight is 391 g/mol. The molecule has 1 aliphatic rings. The minimum absolute atomic E-state index is 0.0226. The molecule has 0 unspecified atom stereocenters. The van der Waals surface area contributed by atoms with Gasteiger partial charge in [0.15, 0.2) is 0 Å². The molecule has 3 rings (SSSR count). The van der Waals surface area contributed by atoms with Crippen LogP contribution in [0.4, 0.5) is 0 Å². The molecule has 1 aliphatic heterocycles. The lowest BCUT2D eigenvalue weighted by Crippen LogP contribution is -2.50. The van der Waals surface area contributed by atoms with Gasteiger partial charge in [-0.25, -0.2) is 0 Å². The van der Waals surface area contributed by atoms with Crippen molar-refractivity contribution in [1.82, 2.24) is 24.9 Å². The van der Waals surface area contributed by atoms with E-state index in [0.29, 0.717) is 31.1 Å². The first-order chi connectivity index (χ1) is 13.0. The van der Waals surface area contributed by atoms with Crippen LogP contribution in [0.1, 0.15) is 25.6 Å². The number of aryl methyl sites for hydroxylation is 2. The van der Waals surface area contributed by atoms with Crippen LogP contribution in [0.25, 0.3) is 0 Å². The van der Waals surface area contributed by atoms with Gasteiger partial charge in [-0.15, -0.1) is 16.4 Å². The highest BCUT2D eigenvalue weighted by Gasteiger charge is 2.26. The molecule has 146 valence electrons. The molecule has 0 atom stereocenters. The number of thiophene rings is 1. The van der Waals surface area contributed by atoms with Gasteiger partial charge in [-0.2, -0.15) is 0 Å². The van der Waals surface area contributed by atoms with Gasteiger partial charge in [0.1, 0.15) is 5.56 Å². The Kier molecular flexibility index (Phi) is 6.12. The topological polar surface area (TPSA) is 79.7 Å². The molecule has 3 heterocycles. The largest absolute Gasteiger partial charge is 0.479 e. The molecule has 0 aliphatic carbocycles. The van der Waals surface area contributed by atoms with Crippen molar-refractivity contribution in [2.24, 2.45) is 7.05 Å². The lowest BCUT2D eigenvalue weighted by molar-refractivity contribution is 0.0635. The highest BCUT2D eigenvalue weighted by molar-refractivity contribution is 7.12. The van der Waals surface area contributed by atoms with Crippen molar-refractivity contribution in [1.29, 1.82) is 0 Å². The van der Waals surface area contributed by atoms with E-state index in [2.05, 4.69) is 15.3 Å². The quantitative estimate of drug-likeness (QED) is 0.794. The molecule has 8 nitrogen and oxygen atoms in total. The van der Waals surface area contributed by atoms with Crippen LogP contribution < -0.4 is 10.1 Å². The van der Waals surface area contributed by atoms with Gasteiger partial charge in [0.25, 0.3) is 11.8 Å². The number of nitrogens with zero attached hydrogens (tertiary/aromatic N) is 4. The Balaban J connectivity index is 1.43. The summed E-state index contributed by atoms with van der Waals surface area (Å²) >= 11 is 1.46. The van der Waals surface area contributed by atoms with Crippen LogP contribution in [0.3, 0.4) is 0 Å². The minimum Gasteiger partial charge on any atom is -0.479 e. The number of rotatable bonds is 6. The predicted molar refractivity (Wildman–Crippen MR) is 103 cm³/mol. The molecule has 9 heteroatoms. The second-order valence-electron chi connectivity index (χ2n) is 6.60. The van der Waals surface area contributed by atoms with Gasteiger partial charge in [-0.3, -0.25) is 19.2 Å². The first-order valence-corrected chi connectivity index (χ1v) is 9.78. The van der Waals surface area contributed by atoms with Gasteiger partial charge in [-0.1, -0.05) is 0 Å². The van der Waals surface area contributed by atoms with Gasteiger partial charge in [0.05, 0.1) is 12.0 Å². The summed E-state index contributed by atoms with van der Waals surface area (Å²) in [6.45, 7) is 6.21. The summed E-state index contributed by atoms with van der Waals surface area (Å²) in [4.78, 5) is 29.6. The monoisotopic (exact) mass is 391 g/mol. The molecule has 0 saturated carbocycles. The van der Waals surface area contributed by atoms with E-state index in [4.69, 9.17) is 4.74 Å². The first-order valence-electron chi connectivity index (χ1n) is 8.90. The molecule has 0 radical (unpaired) electrons. The lowest BCUT2D eigenvalue weighted by Gasteiger charge is -2.34. The molecule has 1 saturated heterocycles. The minimum atomic E-state index is -0.0547. The average Bonchev–Trinajstić information content (AvgIpc) is 3.27. The first kappa shape index (κ1) is 19.4. The van der Waals surface area contributed by atoms with Crippen molar-refractivity contribution in [3.05, 3.63) is 33.6 Å². The highest BCUT2D eigenvalue weighted by atomic mass is 32.1.